The summed E-state index contributed by atoms with van der Waals surface area (Å²) in [4.78, 5) is 1.11. The van der Waals surface area contributed by atoms with Crippen molar-refractivity contribution in [1.82, 2.24) is 5.32 Å². The standard InChI is InChI=1S/C12H16N2O2S/c1-9-12(15,2-3-16-9)8-14-6-11-4-10(5-13)7-17-11/h4,7,9,14-15H,2-3,6,8H2,1H3. The van der Waals surface area contributed by atoms with Gasteiger partial charge in [-0.25, -0.2) is 0 Å². The highest BCUT2D eigenvalue weighted by Crippen LogP contribution is 2.25. The molecule has 1 fully saturated rings. The van der Waals surface area contributed by atoms with E-state index in [0.717, 1.165) is 4.88 Å². The zero-order valence-electron chi connectivity index (χ0n) is 9.77. The molecule has 0 saturated carbocycles. The molecule has 1 aliphatic heterocycles. The monoisotopic (exact) mass is 252 g/mol. The number of ether oxygens (including phenoxy) is 1. The number of nitrogens with one attached hydrogen (secondary N) is 1. The van der Waals surface area contributed by atoms with E-state index in [0.29, 0.717) is 31.7 Å². The van der Waals surface area contributed by atoms with Crippen LogP contribution in [-0.4, -0.2) is 30.0 Å². The molecule has 0 spiro atoms. The number of aliphatic hydroxyl groups is 1. The van der Waals surface area contributed by atoms with Crippen LogP contribution in [0.3, 0.4) is 0 Å². The van der Waals surface area contributed by atoms with Crippen LogP contribution in [0.2, 0.25) is 0 Å². The van der Waals surface area contributed by atoms with Gasteiger partial charge < -0.3 is 15.2 Å². The lowest BCUT2D eigenvalue weighted by Crippen LogP contribution is -2.45. The summed E-state index contributed by atoms with van der Waals surface area (Å²) in [6.07, 6.45) is 0.558. The Balaban J connectivity index is 1.81. The van der Waals surface area contributed by atoms with Gasteiger partial charge >= 0.3 is 0 Å². The van der Waals surface area contributed by atoms with E-state index >= 15 is 0 Å². The van der Waals surface area contributed by atoms with E-state index in [1.54, 1.807) is 11.3 Å². The van der Waals surface area contributed by atoms with Gasteiger partial charge in [0.1, 0.15) is 11.7 Å². The Morgan fingerprint density at radius 2 is 2.59 bits per heavy atom. The molecule has 4 nitrogen and oxygen atoms in total. The Labute approximate surface area is 105 Å². The minimum absolute atomic E-state index is 0.118. The predicted octanol–water partition coefficient (Wildman–Crippen LogP) is 1.25. The smallest absolute Gasteiger partial charge is 0.105 e. The van der Waals surface area contributed by atoms with Gasteiger partial charge in [-0.1, -0.05) is 0 Å². The van der Waals surface area contributed by atoms with Gasteiger partial charge in [0.2, 0.25) is 0 Å². The summed E-state index contributed by atoms with van der Waals surface area (Å²) in [6.45, 7) is 3.72. The van der Waals surface area contributed by atoms with Crippen LogP contribution in [0.25, 0.3) is 0 Å². The summed E-state index contributed by atoms with van der Waals surface area (Å²) in [5, 5.41) is 24.0. The first-order valence-corrected chi connectivity index (χ1v) is 6.54. The van der Waals surface area contributed by atoms with Gasteiger partial charge in [-0.3, -0.25) is 0 Å². The highest BCUT2D eigenvalue weighted by atomic mass is 32.1. The summed E-state index contributed by atoms with van der Waals surface area (Å²) < 4.78 is 5.36. The van der Waals surface area contributed by atoms with Crippen molar-refractivity contribution in [3.63, 3.8) is 0 Å². The van der Waals surface area contributed by atoms with Crippen molar-refractivity contribution in [2.75, 3.05) is 13.2 Å². The molecule has 2 atom stereocenters. The Morgan fingerprint density at radius 3 is 3.18 bits per heavy atom. The summed E-state index contributed by atoms with van der Waals surface area (Å²) in [7, 11) is 0. The average Bonchev–Trinajstić information content (AvgIpc) is 2.88. The largest absolute Gasteiger partial charge is 0.386 e. The average molecular weight is 252 g/mol. The molecule has 1 aliphatic rings. The second kappa shape index (κ2) is 5.15. The minimum Gasteiger partial charge on any atom is -0.386 e. The van der Waals surface area contributed by atoms with Gasteiger partial charge in [-0.15, -0.1) is 11.3 Å². The quantitative estimate of drug-likeness (QED) is 0.846. The number of nitrogens with zero attached hydrogens (tertiary/aromatic N) is 1. The maximum Gasteiger partial charge on any atom is 0.105 e. The lowest BCUT2D eigenvalue weighted by Gasteiger charge is -2.26. The molecule has 0 aliphatic carbocycles. The molecule has 2 heterocycles. The first-order valence-electron chi connectivity index (χ1n) is 5.66. The van der Waals surface area contributed by atoms with Crippen molar-refractivity contribution in [2.24, 2.45) is 0 Å². The molecular weight excluding hydrogens is 236 g/mol. The second-order valence-electron chi connectivity index (χ2n) is 4.38. The number of thiophene rings is 1. The number of nitriles is 1. The highest BCUT2D eigenvalue weighted by molar-refractivity contribution is 7.10. The fourth-order valence-corrected chi connectivity index (χ4v) is 2.72. The SMILES string of the molecule is CC1OCCC1(O)CNCc1cc(C#N)cs1. The molecule has 0 radical (unpaired) electrons. The summed E-state index contributed by atoms with van der Waals surface area (Å²) in [5.74, 6) is 0. The zero-order valence-corrected chi connectivity index (χ0v) is 10.6. The summed E-state index contributed by atoms with van der Waals surface area (Å²) in [6, 6.07) is 3.98. The molecule has 0 aromatic carbocycles. The molecule has 92 valence electrons. The molecule has 1 saturated heterocycles. The lowest BCUT2D eigenvalue weighted by molar-refractivity contribution is -0.0262. The van der Waals surface area contributed by atoms with Gasteiger partial charge in [0.15, 0.2) is 0 Å². The zero-order chi connectivity index (χ0) is 12.3. The minimum atomic E-state index is -0.755. The fraction of sp³-hybridized carbons (Fsp3) is 0.583. The van der Waals surface area contributed by atoms with Gasteiger partial charge in [0.25, 0.3) is 0 Å². The third kappa shape index (κ3) is 2.85. The lowest BCUT2D eigenvalue weighted by atomic mass is 9.97. The molecule has 17 heavy (non-hydrogen) atoms. The predicted molar refractivity (Wildman–Crippen MR) is 65.7 cm³/mol. The molecule has 2 unspecified atom stereocenters. The summed E-state index contributed by atoms with van der Waals surface area (Å²) in [5.41, 5.74) is -0.0573. The molecule has 1 aromatic rings. The van der Waals surface area contributed by atoms with Crippen LogP contribution in [0.4, 0.5) is 0 Å². The van der Waals surface area contributed by atoms with Crippen molar-refractivity contribution >= 4 is 11.3 Å². The van der Waals surface area contributed by atoms with Crippen LogP contribution in [-0.2, 0) is 11.3 Å². The highest BCUT2D eigenvalue weighted by Gasteiger charge is 2.38. The van der Waals surface area contributed by atoms with E-state index in [9.17, 15) is 5.11 Å². The van der Waals surface area contributed by atoms with E-state index in [1.165, 1.54) is 0 Å². The number of hydrogen-bond donors (Lipinski definition) is 2. The van der Waals surface area contributed by atoms with Crippen molar-refractivity contribution in [2.45, 2.75) is 31.6 Å². The third-order valence-electron chi connectivity index (χ3n) is 3.17. The molecule has 0 amide bonds. The molecule has 2 N–H and O–H groups in total. The molecule has 1 aromatic heterocycles. The van der Waals surface area contributed by atoms with E-state index in [1.807, 2.05) is 18.4 Å². The van der Waals surface area contributed by atoms with E-state index in [-0.39, 0.29) is 6.10 Å². The van der Waals surface area contributed by atoms with Crippen molar-refractivity contribution in [1.29, 1.82) is 5.26 Å². The van der Waals surface area contributed by atoms with Gasteiger partial charge in [0, 0.05) is 36.4 Å². The Kier molecular flexibility index (Phi) is 3.79. The maximum atomic E-state index is 10.3. The number of hydrogen-bond acceptors (Lipinski definition) is 5. The van der Waals surface area contributed by atoms with Crippen LogP contribution >= 0.6 is 11.3 Å². The second-order valence-corrected chi connectivity index (χ2v) is 5.38. The van der Waals surface area contributed by atoms with E-state index in [2.05, 4.69) is 11.4 Å². The normalized spacial score (nSPS) is 28.2. The van der Waals surface area contributed by atoms with Gasteiger partial charge in [-0.2, -0.15) is 5.26 Å². The van der Waals surface area contributed by atoms with Crippen LogP contribution in [0, 0.1) is 11.3 Å². The third-order valence-corrected chi connectivity index (χ3v) is 4.11. The van der Waals surface area contributed by atoms with Gasteiger partial charge in [0.05, 0.1) is 11.7 Å². The van der Waals surface area contributed by atoms with Crippen LogP contribution in [0.1, 0.15) is 23.8 Å². The van der Waals surface area contributed by atoms with Crippen molar-refractivity contribution in [3.8, 4) is 6.07 Å². The van der Waals surface area contributed by atoms with Gasteiger partial charge in [-0.05, 0) is 13.0 Å². The summed E-state index contributed by atoms with van der Waals surface area (Å²) >= 11 is 1.56. The van der Waals surface area contributed by atoms with Crippen molar-refractivity contribution in [3.05, 3.63) is 21.9 Å². The Morgan fingerprint density at radius 1 is 1.76 bits per heavy atom. The fourth-order valence-electron chi connectivity index (χ4n) is 1.94. The molecule has 0 bridgehead atoms. The maximum absolute atomic E-state index is 10.3. The molecular formula is C12H16N2O2S. The van der Waals surface area contributed by atoms with E-state index in [4.69, 9.17) is 10.00 Å². The van der Waals surface area contributed by atoms with E-state index < -0.39 is 5.60 Å². The Bertz CT molecular complexity index is 426. The van der Waals surface area contributed by atoms with Crippen molar-refractivity contribution < 1.29 is 9.84 Å². The van der Waals surface area contributed by atoms with Crippen LogP contribution < -0.4 is 5.32 Å². The number of rotatable bonds is 4. The first-order chi connectivity index (χ1) is 8.14. The van der Waals surface area contributed by atoms with Crippen LogP contribution in [0.15, 0.2) is 11.4 Å². The van der Waals surface area contributed by atoms with Crippen LogP contribution in [0.5, 0.6) is 0 Å². The first kappa shape index (κ1) is 12.5. The Hall–Kier alpha value is -0.930. The molecule has 2 rings (SSSR count). The topological polar surface area (TPSA) is 65.3 Å². The molecule has 5 heteroatoms.